The lowest BCUT2D eigenvalue weighted by Crippen LogP contribution is -2.00. The Morgan fingerprint density at radius 2 is 1.55 bits per heavy atom. The monoisotopic (exact) mass is 410 g/mol. The summed E-state index contributed by atoms with van der Waals surface area (Å²) in [4.78, 5) is 8.63. The van der Waals surface area contributed by atoms with Crippen molar-refractivity contribution in [3.05, 3.63) is 110 Å². The van der Waals surface area contributed by atoms with Crippen LogP contribution in [0.3, 0.4) is 0 Å². The van der Waals surface area contributed by atoms with E-state index in [0.717, 1.165) is 17.1 Å². The van der Waals surface area contributed by atoms with E-state index in [9.17, 15) is 0 Å². The molecule has 0 aliphatic carbocycles. The summed E-state index contributed by atoms with van der Waals surface area (Å²) in [5.74, 6) is 2.77. The largest absolute Gasteiger partial charge is 0.489 e. The van der Waals surface area contributed by atoms with Gasteiger partial charge in [-0.3, -0.25) is 0 Å². The molecule has 4 rings (SSSR count). The molecule has 154 valence electrons. The molecular weight excluding hydrogens is 388 g/mol. The maximum absolute atomic E-state index is 5.79. The molecule has 0 amide bonds. The van der Waals surface area contributed by atoms with Gasteiger partial charge in [-0.15, -0.1) is 0 Å². The Morgan fingerprint density at radius 1 is 0.742 bits per heavy atom. The second-order valence-electron chi connectivity index (χ2n) is 6.52. The number of benzene rings is 2. The van der Waals surface area contributed by atoms with Crippen LogP contribution < -0.4 is 20.1 Å². The van der Waals surface area contributed by atoms with E-state index in [0.29, 0.717) is 24.0 Å². The average molecular weight is 410 g/mol. The van der Waals surface area contributed by atoms with Crippen molar-refractivity contribution < 1.29 is 9.47 Å². The van der Waals surface area contributed by atoms with Gasteiger partial charge in [0.05, 0.1) is 11.9 Å². The molecule has 0 unspecified atom stereocenters. The minimum absolute atomic E-state index is 0.477. The van der Waals surface area contributed by atoms with Crippen molar-refractivity contribution in [1.82, 2.24) is 9.97 Å². The summed E-state index contributed by atoms with van der Waals surface area (Å²) in [5, 5.41) is 6.58. The Bertz CT molecular complexity index is 1140. The van der Waals surface area contributed by atoms with E-state index in [-0.39, 0.29) is 0 Å². The number of hydrogen-bond acceptors (Lipinski definition) is 6. The molecule has 0 fully saturated rings. The van der Waals surface area contributed by atoms with Crippen LogP contribution in [0.1, 0.15) is 0 Å². The fourth-order valence-corrected chi connectivity index (χ4v) is 2.81. The minimum atomic E-state index is 0.477. The molecule has 2 N–H and O–H groups in total. The van der Waals surface area contributed by atoms with E-state index >= 15 is 0 Å². The van der Waals surface area contributed by atoms with Crippen LogP contribution >= 0.6 is 0 Å². The molecule has 1 aliphatic rings. The van der Waals surface area contributed by atoms with Crippen LogP contribution in [-0.4, -0.2) is 16.6 Å². The zero-order valence-corrected chi connectivity index (χ0v) is 16.8. The van der Waals surface area contributed by atoms with Gasteiger partial charge in [-0.05, 0) is 36.4 Å². The molecule has 4 bridgehead atoms. The molecule has 0 saturated carbocycles. The van der Waals surface area contributed by atoms with Crippen molar-refractivity contribution in [3.63, 3.8) is 0 Å². The van der Waals surface area contributed by atoms with Gasteiger partial charge in [-0.25, -0.2) is 9.97 Å². The third-order valence-corrected chi connectivity index (χ3v) is 4.23. The molecular formula is C25H22N4O2. The maximum Gasteiger partial charge on any atom is 0.149 e. The highest BCUT2D eigenvalue weighted by Crippen LogP contribution is 2.28. The minimum Gasteiger partial charge on any atom is -0.489 e. The number of para-hydroxylation sites is 2. The number of fused-ring (bicyclic) bond motifs is 5. The van der Waals surface area contributed by atoms with Gasteiger partial charge in [0, 0.05) is 17.8 Å². The van der Waals surface area contributed by atoms with Gasteiger partial charge >= 0.3 is 0 Å². The summed E-state index contributed by atoms with van der Waals surface area (Å²) < 4.78 is 11.6. The average Bonchev–Trinajstić information content (AvgIpc) is 2.78. The summed E-state index contributed by atoms with van der Waals surface area (Å²) in [6.07, 6.45) is 16.6. The van der Waals surface area contributed by atoms with Crippen molar-refractivity contribution in [2.75, 3.05) is 17.2 Å². The number of nitrogens with zero attached hydrogens (tertiary/aromatic N) is 2. The molecule has 0 saturated heterocycles. The van der Waals surface area contributed by atoms with Crippen LogP contribution in [0.25, 0.3) is 0 Å². The Kier molecular flexibility index (Phi) is 6.74. The van der Waals surface area contributed by atoms with E-state index in [4.69, 9.17) is 9.47 Å². The summed E-state index contributed by atoms with van der Waals surface area (Å²) in [7, 11) is 0. The maximum atomic E-state index is 5.79. The van der Waals surface area contributed by atoms with Crippen LogP contribution in [0.4, 0.5) is 23.0 Å². The zero-order valence-electron chi connectivity index (χ0n) is 16.8. The number of nitrogens with one attached hydrogen (secondary N) is 2. The number of hydrogen-bond donors (Lipinski definition) is 2. The molecule has 3 aromatic rings. The van der Waals surface area contributed by atoms with Gasteiger partial charge in [0.25, 0.3) is 0 Å². The van der Waals surface area contributed by atoms with Gasteiger partial charge in [-0.1, -0.05) is 48.6 Å². The lowest BCUT2D eigenvalue weighted by Gasteiger charge is -2.12. The molecule has 0 atom stereocenters. The first-order valence-electron chi connectivity index (χ1n) is 9.86. The Labute approximate surface area is 181 Å². The molecule has 2 heterocycles. The number of ether oxygens (including phenoxy) is 2. The van der Waals surface area contributed by atoms with Crippen molar-refractivity contribution in [2.24, 2.45) is 0 Å². The van der Waals surface area contributed by atoms with Crippen LogP contribution in [0.5, 0.6) is 11.5 Å². The Hall–Kier alpha value is -4.32. The van der Waals surface area contributed by atoms with Crippen LogP contribution in [0.2, 0.25) is 0 Å². The quantitative estimate of drug-likeness (QED) is 0.480. The summed E-state index contributed by atoms with van der Waals surface area (Å²) in [6, 6.07) is 17.2. The van der Waals surface area contributed by atoms with Gasteiger partial charge in [0.1, 0.15) is 36.1 Å². The van der Waals surface area contributed by atoms with Crippen molar-refractivity contribution >= 4 is 23.0 Å². The van der Waals surface area contributed by atoms with E-state index in [2.05, 4.69) is 20.6 Å². The number of allylic oxidation sites excluding steroid dienone is 6. The molecule has 0 radical (unpaired) electrons. The standard InChI is InChI=1S/C25H22N4O2/c1-2-4-8-15-30-21-12-10-11-20(17-21)28-24-18-25(27-19-26-24)29-22-13-6-7-14-23(22)31-16-9-5-3-1/h1-14,16-19H,15H2,(H2,26,27,28,29)/b2-1?,5-3?,8-4-,16-9-. The molecule has 31 heavy (non-hydrogen) atoms. The van der Waals surface area contributed by atoms with Crippen molar-refractivity contribution in [2.45, 2.75) is 0 Å². The van der Waals surface area contributed by atoms with Gasteiger partial charge in [0.2, 0.25) is 0 Å². The molecule has 6 heteroatoms. The first kappa shape index (κ1) is 20.0. The summed E-state index contributed by atoms with van der Waals surface area (Å²) >= 11 is 0. The van der Waals surface area contributed by atoms with Crippen molar-refractivity contribution in [3.8, 4) is 11.5 Å². The first-order valence-corrected chi connectivity index (χ1v) is 9.86. The van der Waals surface area contributed by atoms with Crippen LogP contribution in [-0.2, 0) is 0 Å². The highest BCUT2D eigenvalue weighted by atomic mass is 16.5. The third kappa shape index (κ3) is 6.08. The molecule has 6 nitrogen and oxygen atoms in total. The SMILES string of the molecule is C1=C/C=C\COc2cccc(c2)Nc2cc(ncn2)Nc2ccccc2O/C=C\C=C1. The predicted octanol–water partition coefficient (Wildman–Crippen LogP) is 5.92. The van der Waals surface area contributed by atoms with E-state index < -0.39 is 0 Å². The predicted molar refractivity (Wildman–Crippen MR) is 124 cm³/mol. The third-order valence-electron chi connectivity index (χ3n) is 4.23. The highest BCUT2D eigenvalue weighted by molar-refractivity contribution is 5.67. The Balaban J connectivity index is 1.62. The molecule has 1 aromatic heterocycles. The van der Waals surface area contributed by atoms with Gasteiger partial charge in [-0.2, -0.15) is 0 Å². The molecule has 0 spiro atoms. The fourth-order valence-electron chi connectivity index (χ4n) is 2.81. The van der Waals surface area contributed by atoms with E-state index in [1.54, 1.807) is 6.26 Å². The normalized spacial score (nSPS) is 15.6. The number of anilines is 4. The summed E-state index contributed by atoms with van der Waals surface area (Å²) in [5.41, 5.74) is 1.67. The fraction of sp³-hybridized carbons (Fsp3) is 0.0400. The highest BCUT2D eigenvalue weighted by Gasteiger charge is 2.05. The second-order valence-corrected chi connectivity index (χ2v) is 6.52. The topological polar surface area (TPSA) is 68.3 Å². The molecule has 1 aliphatic heterocycles. The van der Waals surface area contributed by atoms with E-state index in [1.165, 1.54) is 6.33 Å². The van der Waals surface area contributed by atoms with Crippen LogP contribution in [0, 0.1) is 0 Å². The smallest absolute Gasteiger partial charge is 0.149 e. The first-order chi connectivity index (χ1) is 15.4. The lowest BCUT2D eigenvalue weighted by molar-refractivity contribution is 0.363. The number of rotatable bonds is 0. The van der Waals surface area contributed by atoms with Crippen molar-refractivity contribution in [1.29, 1.82) is 0 Å². The lowest BCUT2D eigenvalue weighted by atomic mass is 10.3. The molecule has 2 aromatic carbocycles. The number of aromatic nitrogens is 2. The van der Waals surface area contributed by atoms with Gasteiger partial charge < -0.3 is 20.1 Å². The van der Waals surface area contributed by atoms with Crippen LogP contribution in [0.15, 0.2) is 110 Å². The summed E-state index contributed by atoms with van der Waals surface area (Å²) in [6.45, 7) is 0.477. The zero-order chi connectivity index (χ0) is 21.1. The van der Waals surface area contributed by atoms with E-state index in [1.807, 2.05) is 97.1 Å². The van der Waals surface area contributed by atoms with Gasteiger partial charge in [0.15, 0.2) is 0 Å². The second kappa shape index (κ2) is 10.5. The Morgan fingerprint density at radius 3 is 2.48 bits per heavy atom.